The Labute approximate surface area is 152 Å². The molecule has 0 radical (unpaired) electrons. The highest BCUT2D eigenvalue weighted by molar-refractivity contribution is 6.31. The molecule has 1 N–H and O–H groups in total. The molecule has 2 heterocycles. The van der Waals surface area contributed by atoms with Crippen molar-refractivity contribution in [3.05, 3.63) is 41.3 Å². The Morgan fingerprint density at radius 1 is 1.36 bits per heavy atom. The van der Waals surface area contributed by atoms with Gasteiger partial charge in [-0.3, -0.25) is 14.0 Å². The maximum atomic E-state index is 12.4. The van der Waals surface area contributed by atoms with Gasteiger partial charge in [0.05, 0.1) is 12.2 Å². The standard InChI is InChI=1S/C18H23ClN4O2/c1-5-22(12-15(24)21-18(2,3)4)16(25)10-9-13-17(19)20-14-8-6-7-11-23(13)14/h6-11H,5,12H2,1-4H3,(H,21,24). The average molecular weight is 363 g/mol. The Kier molecular flexibility index (Phi) is 5.85. The van der Waals surface area contributed by atoms with E-state index < -0.39 is 0 Å². The molecule has 7 heteroatoms. The van der Waals surface area contributed by atoms with Gasteiger partial charge in [-0.15, -0.1) is 0 Å². The van der Waals surface area contributed by atoms with Gasteiger partial charge in [0.1, 0.15) is 5.65 Å². The summed E-state index contributed by atoms with van der Waals surface area (Å²) in [7, 11) is 0. The molecule has 0 fully saturated rings. The lowest BCUT2D eigenvalue weighted by molar-refractivity contribution is -0.132. The molecule has 0 spiro atoms. The van der Waals surface area contributed by atoms with E-state index in [-0.39, 0.29) is 23.9 Å². The van der Waals surface area contributed by atoms with Gasteiger partial charge in [-0.25, -0.2) is 4.98 Å². The molecule has 25 heavy (non-hydrogen) atoms. The normalized spacial score (nSPS) is 11.9. The summed E-state index contributed by atoms with van der Waals surface area (Å²) in [5.74, 6) is -0.447. The number of likely N-dealkylation sites (N-methyl/N-ethyl adjacent to an activating group) is 1. The largest absolute Gasteiger partial charge is 0.350 e. The highest BCUT2D eigenvalue weighted by atomic mass is 35.5. The third-order valence-electron chi connectivity index (χ3n) is 3.45. The van der Waals surface area contributed by atoms with Crippen molar-refractivity contribution in [2.75, 3.05) is 13.1 Å². The van der Waals surface area contributed by atoms with Gasteiger partial charge in [-0.05, 0) is 45.9 Å². The van der Waals surface area contributed by atoms with Crippen LogP contribution in [0.2, 0.25) is 5.15 Å². The first-order chi connectivity index (χ1) is 11.7. The maximum absolute atomic E-state index is 12.4. The molecule has 0 saturated carbocycles. The summed E-state index contributed by atoms with van der Waals surface area (Å²) in [6.45, 7) is 7.97. The summed E-state index contributed by atoms with van der Waals surface area (Å²) in [5, 5.41) is 3.17. The Bertz CT molecular complexity index is 805. The molecule has 2 aromatic heterocycles. The first-order valence-corrected chi connectivity index (χ1v) is 8.49. The SMILES string of the molecule is CCN(CC(=O)NC(C)(C)C)C(=O)C=Cc1c(Cl)nc2ccccn12. The van der Waals surface area contributed by atoms with Gasteiger partial charge >= 0.3 is 0 Å². The predicted molar refractivity (Wildman–Crippen MR) is 99.4 cm³/mol. The van der Waals surface area contributed by atoms with Gasteiger partial charge < -0.3 is 10.2 Å². The smallest absolute Gasteiger partial charge is 0.247 e. The van der Waals surface area contributed by atoms with Crippen molar-refractivity contribution in [3.8, 4) is 0 Å². The molecule has 6 nitrogen and oxygen atoms in total. The Morgan fingerprint density at radius 2 is 2.08 bits per heavy atom. The minimum absolute atomic E-state index is 0.0117. The number of carbonyl (C=O) groups excluding carboxylic acids is 2. The molecule has 0 atom stereocenters. The fourth-order valence-corrected chi connectivity index (χ4v) is 2.61. The van der Waals surface area contributed by atoms with Crippen LogP contribution in [0, 0.1) is 0 Å². The Balaban J connectivity index is 2.12. The lowest BCUT2D eigenvalue weighted by Crippen LogP contribution is -2.47. The van der Waals surface area contributed by atoms with Gasteiger partial charge in [-0.2, -0.15) is 0 Å². The first-order valence-electron chi connectivity index (χ1n) is 8.12. The predicted octanol–water partition coefficient (Wildman–Crippen LogP) is 2.76. The summed E-state index contributed by atoms with van der Waals surface area (Å²) in [6.07, 6.45) is 4.86. The molecular weight excluding hydrogens is 340 g/mol. The topological polar surface area (TPSA) is 66.7 Å². The van der Waals surface area contributed by atoms with Crippen LogP contribution in [0.25, 0.3) is 11.7 Å². The highest BCUT2D eigenvalue weighted by Gasteiger charge is 2.18. The van der Waals surface area contributed by atoms with E-state index in [2.05, 4.69) is 10.3 Å². The zero-order chi connectivity index (χ0) is 18.6. The first kappa shape index (κ1) is 19.0. The van der Waals surface area contributed by atoms with E-state index in [4.69, 9.17) is 11.6 Å². The van der Waals surface area contributed by atoms with Crippen molar-refractivity contribution in [2.45, 2.75) is 33.2 Å². The van der Waals surface area contributed by atoms with Crippen LogP contribution in [0.4, 0.5) is 0 Å². The second-order valence-electron chi connectivity index (χ2n) is 6.70. The molecule has 0 saturated heterocycles. The van der Waals surface area contributed by atoms with Crippen molar-refractivity contribution < 1.29 is 9.59 Å². The molecule has 0 bridgehead atoms. The average Bonchev–Trinajstić information content (AvgIpc) is 2.84. The number of hydrogen-bond acceptors (Lipinski definition) is 3. The van der Waals surface area contributed by atoms with Crippen LogP contribution < -0.4 is 5.32 Å². The van der Waals surface area contributed by atoms with E-state index in [0.29, 0.717) is 23.0 Å². The van der Waals surface area contributed by atoms with Crippen LogP contribution in [0.15, 0.2) is 30.5 Å². The van der Waals surface area contributed by atoms with E-state index in [9.17, 15) is 9.59 Å². The third-order valence-corrected chi connectivity index (χ3v) is 3.73. The van der Waals surface area contributed by atoms with E-state index in [1.807, 2.05) is 52.1 Å². The molecule has 134 valence electrons. The summed E-state index contributed by atoms with van der Waals surface area (Å²) in [4.78, 5) is 30.1. The molecule has 0 aromatic carbocycles. The minimum Gasteiger partial charge on any atom is -0.350 e. The molecule has 0 unspecified atom stereocenters. The number of imidazole rings is 1. The maximum Gasteiger partial charge on any atom is 0.247 e. The van der Waals surface area contributed by atoms with Gasteiger partial charge in [0, 0.05) is 24.4 Å². The zero-order valence-electron chi connectivity index (χ0n) is 14.9. The number of nitrogens with one attached hydrogen (secondary N) is 1. The number of aromatic nitrogens is 2. The van der Waals surface area contributed by atoms with E-state index in [1.54, 1.807) is 10.5 Å². The molecule has 2 rings (SSSR count). The van der Waals surface area contributed by atoms with E-state index in [0.717, 1.165) is 0 Å². The zero-order valence-corrected chi connectivity index (χ0v) is 15.7. The van der Waals surface area contributed by atoms with Crippen LogP contribution in [-0.4, -0.2) is 44.7 Å². The van der Waals surface area contributed by atoms with Crippen LogP contribution >= 0.6 is 11.6 Å². The van der Waals surface area contributed by atoms with E-state index >= 15 is 0 Å². The van der Waals surface area contributed by atoms with Crippen LogP contribution in [-0.2, 0) is 9.59 Å². The number of rotatable bonds is 5. The van der Waals surface area contributed by atoms with Crippen molar-refractivity contribution in [1.29, 1.82) is 0 Å². The third kappa shape index (κ3) is 5.06. The van der Waals surface area contributed by atoms with Crippen LogP contribution in [0.5, 0.6) is 0 Å². The summed E-state index contributed by atoms with van der Waals surface area (Å²) in [5.41, 5.74) is 0.997. The number of carbonyl (C=O) groups is 2. The molecule has 2 aromatic rings. The number of fused-ring (bicyclic) bond motifs is 1. The minimum atomic E-state index is -0.334. The van der Waals surface area contributed by atoms with Crippen molar-refractivity contribution in [1.82, 2.24) is 19.6 Å². The lowest BCUT2D eigenvalue weighted by atomic mass is 10.1. The van der Waals surface area contributed by atoms with Crippen molar-refractivity contribution in [3.63, 3.8) is 0 Å². The summed E-state index contributed by atoms with van der Waals surface area (Å²) >= 11 is 6.15. The van der Waals surface area contributed by atoms with Gasteiger partial charge in [0.15, 0.2) is 5.15 Å². The van der Waals surface area contributed by atoms with Gasteiger partial charge in [-0.1, -0.05) is 17.7 Å². The number of amides is 2. The summed E-state index contributed by atoms with van der Waals surface area (Å²) < 4.78 is 1.80. The molecule has 0 aliphatic carbocycles. The summed E-state index contributed by atoms with van der Waals surface area (Å²) in [6, 6.07) is 5.56. The van der Waals surface area contributed by atoms with Crippen LogP contribution in [0.3, 0.4) is 0 Å². The number of hydrogen-bond donors (Lipinski definition) is 1. The Hall–Kier alpha value is -2.34. The second-order valence-corrected chi connectivity index (χ2v) is 7.06. The number of halogens is 1. The highest BCUT2D eigenvalue weighted by Crippen LogP contribution is 2.19. The molecule has 0 aliphatic heterocycles. The molecule has 0 aliphatic rings. The monoisotopic (exact) mass is 362 g/mol. The number of nitrogens with zero attached hydrogens (tertiary/aromatic N) is 3. The van der Waals surface area contributed by atoms with Gasteiger partial charge in [0.2, 0.25) is 11.8 Å². The second kappa shape index (κ2) is 7.70. The molecular formula is C18H23ClN4O2. The molecule has 2 amide bonds. The van der Waals surface area contributed by atoms with E-state index in [1.165, 1.54) is 11.0 Å². The fourth-order valence-electron chi connectivity index (χ4n) is 2.37. The number of pyridine rings is 1. The van der Waals surface area contributed by atoms with Crippen molar-refractivity contribution >= 4 is 35.1 Å². The quantitative estimate of drug-likeness (QED) is 0.832. The Morgan fingerprint density at radius 3 is 2.72 bits per heavy atom. The van der Waals surface area contributed by atoms with Crippen molar-refractivity contribution in [2.24, 2.45) is 0 Å². The fraction of sp³-hybridized carbons (Fsp3) is 0.389. The van der Waals surface area contributed by atoms with Crippen LogP contribution in [0.1, 0.15) is 33.4 Å². The van der Waals surface area contributed by atoms with Gasteiger partial charge in [0.25, 0.3) is 0 Å². The lowest BCUT2D eigenvalue weighted by Gasteiger charge is -2.24.